The molecule has 0 radical (unpaired) electrons. The number of anilines is 1. The van der Waals surface area contributed by atoms with Gasteiger partial charge in [0.2, 0.25) is 0 Å². The van der Waals surface area contributed by atoms with Gasteiger partial charge >= 0.3 is 0 Å². The summed E-state index contributed by atoms with van der Waals surface area (Å²) in [5.41, 5.74) is 7.70. The summed E-state index contributed by atoms with van der Waals surface area (Å²) in [5, 5.41) is 7.18. The fraction of sp³-hybridized carbons (Fsp3) is 0.714. The summed E-state index contributed by atoms with van der Waals surface area (Å²) in [6, 6.07) is 0. The Hall–Kier alpha value is -1.56. The molecule has 0 aliphatic rings. The van der Waals surface area contributed by atoms with E-state index < -0.39 is 0 Å². The van der Waals surface area contributed by atoms with E-state index in [1.165, 1.54) is 0 Å². The van der Waals surface area contributed by atoms with Crippen molar-refractivity contribution < 1.29 is 4.79 Å². The molecule has 0 aromatic carbocycles. The van der Waals surface area contributed by atoms with Gasteiger partial charge in [-0.15, -0.1) is 0 Å². The van der Waals surface area contributed by atoms with Crippen LogP contribution in [0.4, 0.5) is 5.69 Å². The quantitative estimate of drug-likeness (QED) is 0.746. The van der Waals surface area contributed by atoms with E-state index in [0.29, 0.717) is 17.9 Å². The maximum atomic E-state index is 12.2. The summed E-state index contributed by atoms with van der Waals surface area (Å²) < 4.78 is 1.56. The molecule has 0 atom stereocenters. The molecular formula is C14H27N5O. The Morgan fingerprint density at radius 2 is 2.05 bits per heavy atom. The Bertz CT molecular complexity index is 441. The molecule has 0 bridgehead atoms. The molecule has 0 spiro atoms. The Balaban J connectivity index is 2.57. The van der Waals surface area contributed by atoms with Crippen molar-refractivity contribution in [2.24, 2.45) is 7.05 Å². The number of amides is 1. The van der Waals surface area contributed by atoms with Gasteiger partial charge in [-0.2, -0.15) is 5.10 Å². The second kappa shape index (κ2) is 7.89. The van der Waals surface area contributed by atoms with Gasteiger partial charge in [-0.25, -0.2) is 0 Å². The molecule has 1 amide bonds. The molecule has 6 nitrogen and oxygen atoms in total. The predicted octanol–water partition coefficient (Wildman–Crippen LogP) is 1.03. The van der Waals surface area contributed by atoms with E-state index in [1.807, 2.05) is 6.92 Å². The standard InChI is InChI=1S/C14H27N5O/c1-5-9-19(7-3)10-8-16-14(20)13-12(15)11(6-2)17-18(13)4/h5-10,15H2,1-4H3,(H,16,20). The number of carbonyl (C=O) groups is 1. The molecule has 1 rings (SSSR count). The van der Waals surface area contributed by atoms with Crippen LogP contribution in [0.5, 0.6) is 0 Å². The van der Waals surface area contributed by atoms with E-state index >= 15 is 0 Å². The smallest absolute Gasteiger partial charge is 0.271 e. The topological polar surface area (TPSA) is 76.2 Å². The highest BCUT2D eigenvalue weighted by molar-refractivity contribution is 5.97. The van der Waals surface area contributed by atoms with Crippen LogP contribution in [0, 0.1) is 0 Å². The third kappa shape index (κ3) is 3.96. The summed E-state index contributed by atoms with van der Waals surface area (Å²) in [6.07, 6.45) is 1.85. The van der Waals surface area contributed by atoms with E-state index in [-0.39, 0.29) is 5.91 Å². The Morgan fingerprint density at radius 3 is 2.55 bits per heavy atom. The number of aromatic nitrogens is 2. The molecule has 6 heteroatoms. The Labute approximate surface area is 121 Å². The number of nitrogens with one attached hydrogen (secondary N) is 1. The monoisotopic (exact) mass is 281 g/mol. The molecule has 0 aliphatic carbocycles. The zero-order valence-electron chi connectivity index (χ0n) is 13.1. The lowest BCUT2D eigenvalue weighted by atomic mass is 10.2. The fourth-order valence-electron chi connectivity index (χ4n) is 2.28. The largest absolute Gasteiger partial charge is 0.395 e. The van der Waals surface area contributed by atoms with Crippen molar-refractivity contribution in [2.45, 2.75) is 33.6 Å². The average molecular weight is 281 g/mol. The van der Waals surface area contributed by atoms with Gasteiger partial charge in [0, 0.05) is 20.1 Å². The van der Waals surface area contributed by atoms with Crippen molar-refractivity contribution in [2.75, 3.05) is 31.9 Å². The first-order valence-electron chi connectivity index (χ1n) is 7.36. The van der Waals surface area contributed by atoms with Gasteiger partial charge in [-0.1, -0.05) is 20.8 Å². The van der Waals surface area contributed by atoms with Gasteiger partial charge in [-0.05, 0) is 25.9 Å². The number of aryl methyl sites for hydroxylation is 2. The van der Waals surface area contributed by atoms with Crippen molar-refractivity contribution in [3.8, 4) is 0 Å². The number of nitrogen functional groups attached to an aromatic ring is 1. The third-order valence-corrected chi connectivity index (χ3v) is 3.41. The van der Waals surface area contributed by atoms with E-state index in [9.17, 15) is 4.79 Å². The number of nitrogens with zero attached hydrogens (tertiary/aromatic N) is 3. The maximum Gasteiger partial charge on any atom is 0.271 e. The van der Waals surface area contributed by atoms with Crippen LogP contribution in [0.1, 0.15) is 43.4 Å². The minimum absolute atomic E-state index is 0.148. The van der Waals surface area contributed by atoms with Crippen LogP contribution in [-0.2, 0) is 13.5 Å². The Kier molecular flexibility index (Phi) is 6.51. The van der Waals surface area contributed by atoms with Crippen molar-refractivity contribution >= 4 is 11.6 Å². The highest BCUT2D eigenvalue weighted by Crippen LogP contribution is 2.16. The molecule has 0 unspecified atom stereocenters. The van der Waals surface area contributed by atoms with Crippen LogP contribution in [0.25, 0.3) is 0 Å². The van der Waals surface area contributed by atoms with Crippen LogP contribution in [0.3, 0.4) is 0 Å². The van der Waals surface area contributed by atoms with E-state index in [4.69, 9.17) is 5.73 Å². The van der Waals surface area contributed by atoms with Gasteiger partial charge < -0.3 is 16.0 Å². The van der Waals surface area contributed by atoms with Gasteiger partial charge in [0.25, 0.3) is 5.91 Å². The summed E-state index contributed by atoms with van der Waals surface area (Å²) in [7, 11) is 1.75. The van der Waals surface area contributed by atoms with Crippen molar-refractivity contribution in [1.82, 2.24) is 20.0 Å². The molecule has 1 aromatic heterocycles. The Morgan fingerprint density at radius 1 is 1.35 bits per heavy atom. The van der Waals surface area contributed by atoms with Crippen LogP contribution in [0.2, 0.25) is 0 Å². The lowest BCUT2D eigenvalue weighted by Crippen LogP contribution is -2.36. The fourth-order valence-corrected chi connectivity index (χ4v) is 2.28. The van der Waals surface area contributed by atoms with Crippen LogP contribution in [-0.4, -0.2) is 46.8 Å². The van der Waals surface area contributed by atoms with Gasteiger partial charge in [0.05, 0.1) is 11.4 Å². The van der Waals surface area contributed by atoms with Crippen molar-refractivity contribution in [1.29, 1.82) is 0 Å². The molecule has 0 saturated carbocycles. The third-order valence-electron chi connectivity index (χ3n) is 3.41. The lowest BCUT2D eigenvalue weighted by Gasteiger charge is -2.19. The second-order valence-corrected chi connectivity index (χ2v) is 4.88. The van der Waals surface area contributed by atoms with E-state index in [1.54, 1.807) is 11.7 Å². The molecule has 1 heterocycles. The highest BCUT2D eigenvalue weighted by atomic mass is 16.2. The summed E-state index contributed by atoms with van der Waals surface area (Å²) >= 11 is 0. The molecule has 3 N–H and O–H groups in total. The van der Waals surface area contributed by atoms with E-state index in [2.05, 4.69) is 29.2 Å². The average Bonchev–Trinajstić information content (AvgIpc) is 2.72. The molecule has 1 aromatic rings. The minimum Gasteiger partial charge on any atom is -0.395 e. The first-order valence-corrected chi connectivity index (χ1v) is 7.36. The molecule has 0 saturated heterocycles. The summed E-state index contributed by atoms with van der Waals surface area (Å²) in [6.45, 7) is 9.79. The van der Waals surface area contributed by atoms with Crippen LogP contribution < -0.4 is 11.1 Å². The number of carbonyl (C=O) groups excluding carboxylic acids is 1. The molecular weight excluding hydrogens is 254 g/mol. The normalized spacial score (nSPS) is 11.1. The summed E-state index contributed by atoms with van der Waals surface area (Å²) in [4.78, 5) is 14.5. The zero-order chi connectivity index (χ0) is 15.1. The van der Waals surface area contributed by atoms with Gasteiger partial charge in [-0.3, -0.25) is 9.48 Å². The highest BCUT2D eigenvalue weighted by Gasteiger charge is 2.18. The number of hydrogen-bond acceptors (Lipinski definition) is 4. The number of nitrogens with two attached hydrogens (primary N) is 1. The number of rotatable bonds is 8. The number of hydrogen-bond donors (Lipinski definition) is 2. The lowest BCUT2D eigenvalue weighted by molar-refractivity contribution is 0.0940. The molecule has 0 aliphatic heterocycles. The van der Waals surface area contributed by atoms with Crippen molar-refractivity contribution in [3.05, 3.63) is 11.4 Å². The first kappa shape index (κ1) is 16.5. The second-order valence-electron chi connectivity index (χ2n) is 4.88. The summed E-state index contributed by atoms with van der Waals surface area (Å²) in [5.74, 6) is -0.148. The number of likely N-dealkylation sites (N-methyl/N-ethyl adjacent to an activating group) is 1. The SMILES string of the molecule is CCCN(CC)CCNC(=O)c1c(N)c(CC)nn1C. The first-order chi connectivity index (χ1) is 9.54. The maximum absolute atomic E-state index is 12.2. The predicted molar refractivity (Wildman–Crippen MR) is 81.7 cm³/mol. The molecule has 0 fully saturated rings. The van der Waals surface area contributed by atoms with E-state index in [0.717, 1.165) is 38.2 Å². The molecule has 20 heavy (non-hydrogen) atoms. The van der Waals surface area contributed by atoms with Crippen LogP contribution >= 0.6 is 0 Å². The minimum atomic E-state index is -0.148. The molecule has 114 valence electrons. The van der Waals surface area contributed by atoms with Gasteiger partial charge in [0.15, 0.2) is 0 Å². The van der Waals surface area contributed by atoms with Crippen LogP contribution in [0.15, 0.2) is 0 Å². The zero-order valence-corrected chi connectivity index (χ0v) is 13.1. The van der Waals surface area contributed by atoms with Gasteiger partial charge in [0.1, 0.15) is 5.69 Å². The van der Waals surface area contributed by atoms with Crippen molar-refractivity contribution in [3.63, 3.8) is 0 Å².